The number of hydrogen-bond acceptors (Lipinski definition) is 9. The summed E-state index contributed by atoms with van der Waals surface area (Å²) >= 11 is 0. The van der Waals surface area contributed by atoms with Gasteiger partial charge in [0.1, 0.15) is 11.5 Å². The molecule has 642 valence electrons. The van der Waals surface area contributed by atoms with E-state index in [2.05, 4.69) is 90.1 Å². The van der Waals surface area contributed by atoms with Crippen LogP contribution in [0.25, 0.3) is 32.3 Å². The van der Waals surface area contributed by atoms with E-state index in [9.17, 15) is 0 Å². The Kier molecular flexibility index (Phi) is 57.1. The average molecular weight is 1570 g/mol. The molecule has 0 saturated carbocycles. The number of nitrogens with zero attached hydrogens (tertiary/aromatic N) is 1. The summed E-state index contributed by atoms with van der Waals surface area (Å²) in [5.41, 5.74) is 1.95. The van der Waals surface area contributed by atoms with Gasteiger partial charge in [-0.25, -0.2) is 0 Å². The summed E-state index contributed by atoms with van der Waals surface area (Å²) in [6, 6.07) is 30.2. The van der Waals surface area contributed by atoms with Crippen LogP contribution in [0.5, 0.6) is 46.0 Å². The second-order valence-electron chi connectivity index (χ2n) is 33.7. The smallest absolute Gasteiger partial charge is 0.161 e. The first-order chi connectivity index (χ1) is 56.5. The molecule has 0 amide bonds. The molecular weight excluding hydrogens is 1400 g/mol. The van der Waals surface area contributed by atoms with E-state index in [1.807, 2.05) is 42.6 Å². The van der Waals surface area contributed by atoms with Crippen molar-refractivity contribution in [3.63, 3.8) is 0 Å². The lowest BCUT2D eigenvalue weighted by Gasteiger charge is -2.21. The fourth-order valence-corrected chi connectivity index (χ4v) is 16.0. The average Bonchev–Trinajstić information content (AvgIpc) is 0.726. The number of fused-ring (bicyclic) bond motifs is 6. The van der Waals surface area contributed by atoms with Crippen molar-refractivity contribution in [1.82, 2.24) is 0 Å². The van der Waals surface area contributed by atoms with E-state index in [0.717, 1.165) is 167 Å². The summed E-state index contributed by atoms with van der Waals surface area (Å²) in [5.74, 6) is 6.73. The van der Waals surface area contributed by atoms with Gasteiger partial charge in [0.05, 0.1) is 58.5 Å². The van der Waals surface area contributed by atoms with Crippen LogP contribution >= 0.6 is 0 Å². The molecule has 0 aliphatic heterocycles. The van der Waals surface area contributed by atoms with Crippen LogP contribution in [0.4, 0.5) is 5.69 Å². The fraction of sp³-hybridized carbons (Fsp3) is 0.705. The second-order valence-corrected chi connectivity index (χ2v) is 33.7. The molecule has 114 heavy (non-hydrogen) atoms. The molecule has 0 bridgehead atoms. The van der Waals surface area contributed by atoms with Crippen molar-refractivity contribution in [3.8, 4) is 46.0 Å². The van der Waals surface area contributed by atoms with E-state index < -0.39 is 0 Å². The molecule has 0 unspecified atom stereocenters. The highest BCUT2D eigenvalue weighted by atomic mass is 16.5. The van der Waals surface area contributed by atoms with Crippen molar-refractivity contribution in [2.24, 2.45) is 4.99 Å². The number of ether oxygens (including phenoxy) is 8. The Bertz CT molecular complexity index is 3220. The summed E-state index contributed by atoms with van der Waals surface area (Å²) < 4.78 is 54.5. The maximum absolute atomic E-state index is 7.04. The van der Waals surface area contributed by atoms with Gasteiger partial charge in [0.2, 0.25) is 0 Å². The van der Waals surface area contributed by atoms with Gasteiger partial charge in [-0.1, -0.05) is 363 Å². The van der Waals surface area contributed by atoms with Crippen LogP contribution in [-0.4, -0.2) is 59.1 Å². The number of aliphatic imine (C=N–C) groups is 1. The monoisotopic (exact) mass is 1570 g/mol. The topological polar surface area (TPSA) is 86.2 Å². The van der Waals surface area contributed by atoms with E-state index in [1.165, 1.54) is 315 Å². The molecule has 0 saturated heterocycles. The molecule has 6 aromatic rings. The summed E-state index contributed by atoms with van der Waals surface area (Å²) in [6.07, 6.45) is 77.6. The van der Waals surface area contributed by atoms with Crippen LogP contribution in [-0.2, 0) is 0 Å². The van der Waals surface area contributed by atoms with Crippen molar-refractivity contribution >= 4 is 44.2 Å². The third-order valence-electron chi connectivity index (χ3n) is 23.3. The predicted octanol–water partition coefficient (Wildman–Crippen LogP) is 34.2. The minimum absolute atomic E-state index is 0.590. The molecule has 0 fully saturated rings. The standard InChI is InChI=1S/C105H169NO8/c1-7-13-19-25-31-36-41-46-52-61-77-109-100-83-94-95-84-101(110-78-62-53-47-42-37-32-26-20-14-8-2)103(112-80-64-55-49-44-39-34-28-22-16-10-4)86-97(95)99-88-105(114-82-66-58-57-60-76-108-93-73-69-91(70-74-93)106-89-90-67-71-92(72-68-90)107-75-59-51-30-24-18-12-6)104(113-81-65-56-50-45-40-35-29-23-17-11-5)87-98(99)96(94)85-102(100)111-79-63-54-48-43-38-33-27-21-15-9-3/h67-74,83-89H,7-66,75-82H2,1-6H3. The van der Waals surface area contributed by atoms with Crippen molar-refractivity contribution in [1.29, 1.82) is 0 Å². The maximum Gasteiger partial charge on any atom is 0.161 e. The Hall–Kier alpha value is -5.83. The van der Waals surface area contributed by atoms with Crippen LogP contribution in [0.2, 0.25) is 0 Å². The van der Waals surface area contributed by atoms with Crippen molar-refractivity contribution < 1.29 is 37.9 Å². The van der Waals surface area contributed by atoms with Gasteiger partial charge in [0.15, 0.2) is 34.5 Å². The van der Waals surface area contributed by atoms with Crippen LogP contribution in [0, 0.1) is 0 Å². The summed E-state index contributed by atoms with van der Waals surface area (Å²) in [4.78, 5) is 4.76. The predicted molar refractivity (Wildman–Crippen MR) is 494 cm³/mol. The third kappa shape index (κ3) is 43.6. The summed E-state index contributed by atoms with van der Waals surface area (Å²) in [6.45, 7) is 19.1. The third-order valence-corrected chi connectivity index (χ3v) is 23.3. The van der Waals surface area contributed by atoms with Crippen LogP contribution in [0.3, 0.4) is 0 Å². The molecule has 6 aromatic carbocycles. The Morgan fingerprint density at radius 3 is 0.526 bits per heavy atom. The Morgan fingerprint density at radius 1 is 0.184 bits per heavy atom. The molecular formula is C105H169NO8. The fourth-order valence-electron chi connectivity index (χ4n) is 16.0. The van der Waals surface area contributed by atoms with Gasteiger partial charge in [-0.15, -0.1) is 0 Å². The normalized spacial score (nSPS) is 11.7. The lowest BCUT2D eigenvalue weighted by atomic mass is 9.93. The molecule has 0 radical (unpaired) electrons. The largest absolute Gasteiger partial charge is 0.494 e. The Morgan fingerprint density at radius 2 is 0.342 bits per heavy atom. The van der Waals surface area contributed by atoms with Gasteiger partial charge in [-0.05, 0) is 187 Å². The molecule has 6 rings (SSSR count). The molecule has 9 heteroatoms. The number of hydrogen-bond donors (Lipinski definition) is 0. The van der Waals surface area contributed by atoms with Crippen LogP contribution in [0.1, 0.15) is 432 Å². The quantitative estimate of drug-likeness (QED) is 0.0212. The SMILES string of the molecule is CCCCCCCCCCCCOc1cc2c3cc(OCCCCCCCCCCCC)c(OCCCCCCCCCCCC)cc3c3cc(OCCCCCCOc4ccc(N=Cc5ccc(OCCCCCCCC)cc5)cc4)c(OCCCCCCCCCCCC)cc3c2cc1OCCCCCCCCCCCC. The van der Waals surface area contributed by atoms with E-state index >= 15 is 0 Å². The van der Waals surface area contributed by atoms with Crippen LogP contribution in [0.15, 0.2) is 89.9 Å². The zero-order valence-corrected chi connectivity index (χ0v) is 74.5. The summed E-state index contributed by atoms with van der Waals surface area (Å²) in [7, 11) is 0. The van der Waals surface area contributed by atoms with E-state index in [1.54, 1.807) is 0 Å². The molecule has 0 aliphatic rings. The highest BCUT2D eigenvalue weighted by molar-refractivity contribution is 6.27. The first kappa shape index (κ1) is 97.0. The second kappa shape index (κ2) is 67.1. The van der Waals surface area contributed by atoms with E-state index in [-0.39, 0.29) is 0 Å². The molecule has 0 aliphatic carbocycles. The van der Waals surface area contributed by atoms with E-state index in [0.29, 0.717) is 46.2 Å². The van der Waals surface area contributed by atoms with Crippen molar-refractivity contribution in [3.05, 3.63) is 90.5 Å². The molecule has 0 heterocycles. The van der Waals surface area contributed by atoms with E-state index in [4.69, 9.17) is 42.9 Å². The first-order valence-corrected chi connectivity index (χ1v) is 48.8. The molecule has 0 atom stereocenters. The lowest BCUT2D eigenvalue weighted by Crippen LogP contribution is -2.05. The molecule has 9 nitrogen and oxygen atoms in total. The zero-order chi connectivity index (χ0) is 80.3. The van der Waals surface area contributed by atoms with Gasteiger partial charge in [0, 0.05) is 6.21 Å². The minimum Gasteiger partial charge on any atom is -0.494 e. The zero-order valence-electron chi connectivity index (χ0n) is 74.5. The van der Waals surface area contributed by atoms with Gasteiger partial charge < -0.3 is 37.9 Å². The van der Waals surface area contributed by atoms with Gasteiger partial charge >= 0.3 is 0 Å². The highest BCUT2D eigenvalue weighted by Gasteiger charge is 2.22. The number of benzene rings is 6. The van der Waals surface area contributed by atoms with Gasteiger partial charge in [0.25, 0.3) is 0 Å². The molecule has 0 spiro atoms. The number of rotatable bonds is 79. The van der Waals surface area contributed by atoms with Gasteiger partial charge in [-0.2, -0.15) is 0 Å². The van der Waals surface area contributed by atoms with Crippen LogP contribution < -0.4 is 37.9 Å². The minimum atomic E-state index is 0.590. The molecule has 0 N–H and O–H groups in total. The Labute approximate surface area is 699 Å². The highest BCUT2D eigenvalue weighted by Crippen LogP contribution is 2.48. The van der Waals surface area contributed by atoms with Crippen molar-refractivity contribution in [2.75, 3.05) is 52.9 Å². The number of unbranched alkanes of at least 4 members (excludes halogenated alkanes) is 53. The Balaban J connectivity index is 1.27. The van der Waals surface area contributed by atoms with Gasteiger partial charge in [-0.3, -0.25) is 4.99 Å². The first-order valence-electron chi connectivity index (χ1n) is 48.8. The molecule has 0 aromatic heterocycles. The lowest BCUT2D eigenvalue weighted by molar-refractivity contribution is 0.256. The maximum atomic E-state index is 7.04. The summed E-state index contributed by atoms with van der Waals surface area (Å²) in [5, 5.41) is 6.76. The van der Waals surface area contributed by atoms with Crippen molar-refractivity contribution in [2.45, 2.75) is 427 Å².